The molecule has 186 valence electrons. The first kappa shape index (κ1) is 25.5. The molecule has 0 atom stereocenters. The first-order valence-corrected chi connectivity index (χ1v) is 13.4. The molecule has 0 heterocycles. The highest BCUT2D eigenvalue weighted by molar-refractivity contribution is 6.31. The van der Waals surface area contributed by atoms with Crippen LogP contribution < -0.4 is 0 Å². The number of benzene rings is 2. The van der Waals surface area contributed by atoms with Crippen LogP contribution >= 0.6 is 11.6 Å². The van der Waals surface area contributed by atoms with Crippen LogP contribution in [0.15, 0.2) is 24.3 Å². The molecule has 0 unspecified atom stereocenters. The standard InChI is InChI=1S/C29H35ClF4/c1-2-3-18-4-6-19(7-5-18)8-9-20-10-12-21(13-11-20)22-14-24(31)28(25(32)15-22)23-16-26(33)29(30)27(34)17-23/h14-21H,2-13H2,1H3/t18-,19-,20?,21?. The van der Waals surface area contributed by atoms with E-state index in [0.717, 1.165) is 49.7 Å². The Morgan fingerprint density at radius 2 is 1.09 bits per heavy atom. The second-order valence-electron chi connectivity index (χ2n) is 10.6. The van der Waals surface area contributed by atoms with Gasteiger partial charge in [-0.3, -0.25) is 0 Å². The maximum absolute atomic E-state index is 14.9. The molecule has 0 bridgehead atoms. The molecule has 0 spiro atoms. The highest BCUT2D eigenvalue weighted by Crippen LogP contribution is 2.41. The fourth-order valence-electron chi connectivity index (χ4n) is 6.28. The van der Waals surface area contributed by atoms with Gasteiger partial charge >= 0.3 is 0 Å². The third-order valence-corrected chi connectivity index (χ3v) is 8.66. The summed E-state index contributed by atoms with van der Waals surface area (Å²) in [7, 11) is 0. The first-order valence-electron chi connectivity index (χ1n) is 13.0. The van der Waals surface area contributed by atoms with Gasteiger partial charge in [0, 0.05) is 0 Å². The number of rotatable bonds is 7. The molecule has 0 radical (unpaired) electrons. The van der Waals surface area contributed by atoms with Gasteiger partial charge in [-0.1, -0.05) is 69.9 Å². The van der Waals surface area contributed by atoms with E-state index in [4.69, 9.17) is 11.6 Å². The first-order chi connectivity index (χ1) is 16.4. The minimum absolute atomic E-state index is 0.123. The Balaban J connectivity index is 1.32. The van der Waals surface area contributed by atoms with E-state index in [-0.39, 0.29) is 11.5 Å². The molecule has 2 fully saturated rings. The Kier molecular flexibility index (Phi) is 8.61. The third-order valence-electron chi connectivity index (χ3n) is 8.30. The fraction of sp³-hybridized carbons (Fsp3) is 0.586. The van der Waals surface area contributed by atoms with Gasteiger partial charge in [0.1, 0.15) is 28.3 Å². The van der Waals surface area contributed by atoms with Crippen molar-refractivity contribution in [3.8, 4) is 11.1 Å². The minimum Gasteiger partial charge on any atom is -0.206 e. The lowest BCUT2D eigenvalue weighted by Crippen LogP contribution is -2.18. The van der Waals surface area contributed by atoms with Gasteiger partial charge < -0.3 is 0 Å². The van der Waals surface area contributed by atoms with E-state index in [2.05, 4.69) is 6.92 Å². The summed E-state index contributed by atoms with van der Waals surface area (Å²) in [4.78, 5) is 0. The van der Waals surface area contributed by atoms with Crippen molar-refractivity contribution in [2.75, 3.05) is 0 Å². The predicted molar refractivity (Wildman–Crippen MR) is 131 cm³/mol. The molecule has 0 aliphatic heterocycles. The van der Waals surface area contributed by atoms with Gasteiger partial charge in [-0.2, -0.15) is 0 Å². The molecule has 2 aromatic carbocycles. The number of hydrogen-bond acceptors (Lipinski definition) is 0. The molecule has 0 nitrogen and oxygen atoms in total. The van der Waals surface area contributed by atoms with Crippen molar-refractivity contribution in [2.24, 2.45) is 17.8 Å². The summed E-state index contributed by atoms with van der Waals surface area (Å²) in [6, 6.07) is 4.41. The molecule has 0 amide bonds. The molecule has 4 rings (SSSR count). The van der Waals surface area contributed by atoms with E-state index in [1.165, 1.54) is 63.5 Å². The Hall–Kier alpha value is -1.55. The van der Waals surface area contributed by atoms with Crippen LogP contribution in [0.5, 0.6) is 0 Å². The zero-order valence-corrected chi connectivity index (χ0v) is 20.7. The van der Waals surface area contributed by atoms with Gasteiger partial charge in [0.25, 0.3) is 0 Å². The third kappa shape index (κ3) is 5.98. The summed E-state index contributed by atoms with van der Waals surface area (Å²) in [6.45, 7) is 2.28. The van der Waals surface area contributed by atoms with Crippen LogP contribution in [0.4, 0.5) is 17.6 Å². The van der Waals surface area contributed by atoms with Crippen molar-refractivity contribution >= 4 is 11.6 Å². The lowest BCUT2D eigenvalue weighted by atomic mass is 9.74. The van der Waals surface area contributed by atoms with E-state index >= 15 is 0 Å². The second kappa shape index (κ2) is 11.5. The van der Waals surface area contributed by atoms with Crippen molar-refractivity contribution in [3.63, 3.8) is 0 Å². The quantitative estimate of drug-likeness (QED) is 0.265. The van der Waals surface area contributed by atoms with Crippen molar-refractivity contribution in [1.29, 1.82) is 0 Å². The van der Waals surface area contributed by atoms with Crippen LogP contribution in [0.1, 0.15) is 95.5 Å². The summed E-state index contributed by atoms with van der Waals surface area (Å²) < 4.78 is 57.4. The normalized spacial score (nSPS) is 25.5. The van der Waals surface area contributed by atoms with Crippen LogP contribution in [-0.4, -0.2) is 0 Å². The topological polar surface area (TPSA) is 0 Å². The van der Waals surface area contributed by atoms with Crippen LogP contribution in [0.25, 0.3) is 11.1 Å². The number of hydrogen-bond donors (Lipinski definition) is 0. The smallest absolute Gasteiger partial charge is 0.145 e. The van der Waals surface area contributed by atoms with E-state index in [0.29, 0.717) is 11.5 Å². The minimum atomic E-state index is -1.04. The molecule has 0 N–H and O–H groups in total. The van der Waals surface area contributed by atoms with E-state index in [1.54, 1.807) is 0 Å². The molecular weight excluding hydrogens is 460 g/mol. The van der Waals surface area contributed by atoms with Gasteiger partial charge in [0.2, 0.25) is 0 Å². The van der Waals surface area contributed by atoms with Gasteiger partial charge in [-0.05, 0) is 84.7 Å². The fourth-order valence-corrected chi connectivity index (χ4v) is 6.39. The van der Waals surface area contributed by atoms with Gasteiger partial charge in [0.05, 0.1) is 5.56 Å². The highest BCUT2D eigenvalue weighted by Gasteiger charge is 2.27. The molecule has 0 saturated heterocycles. The van der Waals surface area contributed by atoms with Crippen molar-refractivity contribution in [1.82, 2.24) is 0 Å². The van der Waals surface area contributed by atoms with E-state index < -0.39 is 33.9 Å². The second-order valence-corrected chi connectivity index (χ2v) is 11.0. The largest absolute Gasteiger partial charge is 0.206 e. The molecule has 2 aliphatic rings. The number of halogens is 5. The zero-order valence-electron chi connectivity index (χ0n) is 20.0. The Labute approximate surface area is 206 Å². The Morgan fingerprint density at radius 1 is 0.647 bits per heavy atom. The summed E-state index contributed by atoms with van der Waals surface area (Å²) in [5, 5.41) is -0.679. The van der Waals surface area contributed by atoms with Gasteiger partial charge in [0.15, 0.2) is 0 Å². The Bertz CT molecular complexity index is 926. The van der Waals surface area contributed by atoms with Gasteiger partial charge in [-0.25, -0.2) is 17.6 Å². The molecule has 2 aromatic rings. The summed E-state index contributed by atoms with van der Waals surface area (Å²) in [5.41, 5.74) is 0.0373. The van der Waals surface area contributed by atoms with Gasteiger partial charge in [-0.15, -0.1) is 0 Å². The molecule has 2 aliphatic carbocycles. The predicted octanol–water partition coefficient (Wildman–Crippen LogP) is 10.2. The van der Waals surface area contributed by atoms with Crippen LogP contribution in [0.2, 0.25) is 5.02 Å². The maximum Gasteiger partial charge on any atom is 0.145 e. The van der Waals surface area contributed by atoms with Crippen molar-refractivity contribution < 1.29 is 17.6 Å². The molecule has 2 saturated carbocycles. The monoisotopic (exact) mass is 494 g/mol. The average Bonchev–Trinajstić information content (AvgIpc) is 2.82. The highest BCUT2D eigenvalue weighted by atomic mass is 35.5. The van der Waals surface area contributed by atoms with Crippen LogP contribution in [-0.2, 0) is 0 Å². The molecule has 34 heavy (non-hydrogen) atoms. The molecule has 5 heteroatoms. The van der Waals surface area contributed by atoms with Crippen LogP contribution in [0, 0.1) is 41.0 Å². The maximum atomic E-state index is 14.9. The lowest BCUT2D eigenvalue weighted by Gasteiger charge is -2.32. The summed E-state index contributed by atoms with van der Waals surface area (Å²) in [5.74, 6) is -1.01. The van der Waals surface area contributed by atoms with Crippen LogP contribution in [0.3, 0.4) is 0 Å². The summed E-state index contributed by atoms with van der Waals surface area (Å²) >= 11 is 5.50. The SMILES string of the molecule is CCC[C@H]1CC[C@H](CCC2CCC(c3cc(F)c(-c4cc(F)c(Cl)c(F)c4)c(F)c3)CC2)CC1. The average molecular weight is 495 g/mol. The Morgan fingerprint density at radius 3 is 1.56 bits per heavy atom. The van der Waals surface area contributed by atoms with Crippen molar-refractivity contribution in [3.05, 3.63) is 58.1 Å². The molecular formula is C29H35ClF4. The van der Waals surface area contributed by atoms with E-state index in [9.17, 15) is 17.6 Å². The van der Waals surface area contributed by atoms with Crippen molar-refractivity contribution in [2.45, 2.75) is 89.9 Å². The summed E-state index contributed by atoms with van der Waals surface area (Å²) in [6.07, 6.45) is 14.9. The lowest BCUT2D eigenvalue weighted by molar-refractivity contribution is 0.224. The zero-order chi connectivity index (χ0) is 24.2. The van der Waals surface area contributed by atoms with E-state index in [1.807, 2.05) is 0 Å². The molecule has 0 aromatic heterocycles.